The van der Waals surface area contributed by atoms with E-state index in [0.29, 0.717) is 64.5 Å². The number of morpholine rings is 2. The molecule has 2 fully saturated rings. The van der Waals surface area contributed by atoms with Gasteiger partial charge in [0.1, 0.15) is 6.07 Å². The molecule has 4 rings (SSSR count). The summed E-state index contributed by atoms with van der Waals surface area (Å²) in [5, 5.41) is 16.7. The highest BCUT2D eigenvalue weighted by Crippen LogP contribution is 2.20. The van der Waals surface area contributed by atoms with Crippen LogP contribution in [-0.2, 0) is 9.47 Å². The summed E-state index contributed by atoms with van der Waals surface area (Å²) in [6.45, 7) is 5.17. The van der Waals surface area contributed by atoms with E-state index in [1.807, 2.05) is 15.9 Å². The molecule has 2 aliphatic heterocycles. The first-order valence-electron chi connectivity index (χ1n) is 8.29. The van der Waals surface area contributed by atoms with Crippen LogP contribution in [-0.4, -0.2) is 82.6 Å². The molecule has 2 aromatic rings. The van der Waals surface area contributed by atoms with Crippen molar-refractivity contribution in [3.05, 3.63) is 5.69 Å². The summed E-state index contributed by atoms with van der Waals surface area (Å²) in [5.41, 5.74) is 5.98. The molecule has 0 atom stereocenters. The maximum Gasteiger partial charge on any atom is 0.260 e. The zero-order chi connectivity index (χ0) is 17.9. The highest BCUT2D eigenvalue weighted by atomic mass is 16.5. The van der Waals surface area contributed by atoms with Crippen molar-refractivity contribution in [1.82, 2.24) is 29.9 Å². The Labute approximate surface area is 149 Å². The summed E-state index contributed by atoms with van der Waals surface area (Å²) in [5.74, 6) is 1.37. The smallest absolute Gasteiger partial charge is 0.260 e. The van der Waals surface area contributed by atoms with E-state index in [2.05, 4.69) is 25.3 Å². The van der Waals surface area contributed by atoms with Crippen LogP contribution in [0.2, 0.25) is 0 Å². The van der Waals surface area contributed by atoms with Crippen LogP contribution in [0.4, 0.5) is 17.7 Å². The van der Waals surface area contributed by atoms with Gasteiger partial charge in [0, 0.05) is 26.2 Å². The maximum atomic E-state index is 9.05. The summed E-state index contributed by atoms with van der Waals surface area (Å²) < 4.78 is 12.1. The molecule has 12 nitrogen and oxygen atoms in total. The van der Waals surface area contributed by atoms with Gasteiger partial charge >= 0.3 is 0 Å². The predicted molar refractivity (Wildman–Crippen MR) is 89.9 cm³/mol. The lowest BCUT2D eigenvalue weighted by molar-refractivity contribution is 0.121. The fourth-order valence-electron chi connectivity index (χ4n) is 2.76. The Hall–Kier alpha value is -3.04. The van der Waals surface area contributed by atoms with Crippen LogP contribution in [0.3, 0.4) is 0 Å². The van der Waals surface area contributed by atoms with Crippen molar-refractivity contribution in [1.29, 1.82) is 5.26 Å². The topological polar surface area (TPSA) is 144 Å². The minimum atomic E-state index is 0.0336. The molecule has 2 saturated heterocycles. The molecule has 0 aliphatic carbocycles. The van der Waals surface area contributed by atoms with Crippen LogP contribution < -0.4 is 15.5 Å². The summed E-state index contributed by atoms with van der Waals surface area (Å²) >= 11 is 0. The number of nitrogen functional groups attached to an aromatic ring is 1. The number of aromatic nitrogens is 6. The SMILES string of the molecule is N#Cc1nnn(-c2nc(N3CCOCC3)nc(N3CCOCC3)n2)c1N. The van der Waals surface area contributed by atoms with E-state index in [0.717, 1.165) is 0 Å². The van der Waals surface area contributed by atoms with Crippen LogP contribution in [0.1, 0.15) is 5.69 Å². The van der Waals surface area contributed by atoms with Gasteiger partial charge in [0.25, 0.3) is 5.95 Å². The molecule has 0 saturated carbocycles. The lowest BCUT2D eigenvalue weighted by Crippen LogP contribution is -2.40. The number of nitrogens with two attached hydrogens (primary N) is 1. The number of nitriles is 1. The highest BCUT2D eigenvalue weighted by molar-refractivity contribution is 5.48. The minimum absolute atomic E-state index is 0.0336. The van der Waals surface area contributed by atoms with E-state index in [9.17, 15) is 0 Å². The van der Waals surface area contributed by atoms with Crippen molar-refractivity contribution in [2.45, 2.75) is 0 Å². The molecular weight excluding hydrogens is 340 g/mol. The second-order valence-corrected chi connectivity index (χ2v) is 5.78. The molecule has 0 unspecified atom stereocenters. The molecule has 0 radical (unpaired) electrons. The number of ether oxygens (including phenoxy) is 2. The first kappa shape index (κ1) is 16.4. The van der Waals surface area contributed by atoms with E-state index >= 15 is 0 Å². The molecule has 136 valence electrons. The molecule has 0 bridgehead atoms. The third-order valence-electron chi connectivity index (χ3n) is 4.19. The first-order chi connectivity index (χ1) is 12.8. The molecule has 2 N–H and O–H groups in total. The van der Waals surface area contributed by atoms with Gasteiger partial charge in [-0.1, -0.05) is 5.21 Å². The number of nitrogens with zero attached hydrogens (tertiary/aromatic N) is 9. The zero-order valence-electron chi connectivity index (χ0n) is 14.1. The highest BCUT2D eigenvalue weighted by Gasteiger charge is 2.23. The Morgan fingerprint density at radius 3 is 1.81 bits per heavy atom. The number of hydrogen-bond donors (Lipinski definition) is 1. The Kier molecular flexibility index (Phi) is 4.46. The number of anilines is 3. The molecule has 0 spiro atoms. The van der Waals surface area contributed by atoms with Crippen LogP contribution >= 0.6 is 0 Å². The van der Waals surface area contributed by atoms with E-state index in [1.54, 1.807) is 0 Å². The Balaban J connectivity index is 1.76. The normalized spacial score (nSPS) is 18.0. The van der Waals surface area contributed by atoms with Crippen molar-refractivity contribution in [3.8, 4) is 12.0 Å². The van der Waals surface area contributed by atoms with Gasteiger partial charge in [0.2, 0.25) is 17.6 Å². The molecule has 26 heavy (non-hydrogen) atoms. The van der Waals surface area contributed by atoms with Crippen molar-refractivity contribution in [2.75, 3.05) is 68.1 Å². The van der Waals surface area contributed by atoms with Crippen LogP contribution in [0.25, 0.3) is 5.95 Å². The summed E-state index contributed by atoms with van der Waals surface area (Å²) in [4.78, 5) is 17.6. The van der Waals surface area contributed by atoms with Gasteiger partial charge in [-0.05, 0) is 0 Å². The Morgan fingerprint density at radius 1 is 0.846 bits per heavy atom. The van der Waals surface area contributed by atoms with Crippen molar-refractivity contribution < 1.29 is 9.47 Å². The lowest BCUT2D eigenvalue weighted by Gasteiger charge is -2.30. The average molecular weight is 358 g/mol. The third kappa shape index (κ3) is 3.09. The average Bonchev–Trinajstić information content (AvgIpc) is 3.09. The largest absolute Gasteiger partial charge is 0.381 e. The Morgan fingerprint density at radius 2 is 1.35 bits per heavy atom. The minimum Gasteiger partial charge on any atom is -0.381 e. The zero-order valence-corrected chi connectivity index (χ0v) is 14.1. The summed E-state index contributed by atoms with van der Waals surface area (Å²) in [6.07, 6.45) is 0. The van der Waals surface area contributed by atoms with E-state index in [-0.39, 0.29) is 17.5 Å². The van der Waals surface area contributed by atoms with Crippen LogP contribution in [0.5, 0.6) is 0 Å². The first-order valence-corrected chi connectivity index (χ1v) is 8.29. The van der Waals surface area contributed by atoms with Gasteiger partial charge < -0.3 is 25.0 Å². The number of hydrogen-bond acceptors (Lipinski definition) is 11. The van der Waals surface area contributed by atoms with Gasteiger partial charge in [-0.2, -0.15) is 24.9 Å². The molecule has 12 heteroatoms. The fourth-order valence-corrected chi connectivity index (χ4v) is 2.76. The van der Waals surface area contributed by atoms with Gasteiger partial charge in [0.05, 0.1) is 26.4 Å². The second-order valence-electron chi connectivity index (χ2n) is 5.78. The van der Waals surface area contributed by atoms with Crippen LogP contribution in [0.15, 0.2) is 0 Å². The van der Waals surface area contributed by atoms with Gasteiger partial charge in [-0.15, -0.1) is 5.10 Å². The van der Waals surface area contributed by atoms with Gasteiger partial charge in [-0.3, -0.25) is 0 Å². The monoisotopic (exact) mass is 358 g/mol. The quantitative estimate of drug-likeness (QED) is 0.690. The van der Waals surface area contributed by atoms with Gasteiger partial charge in [0.15, 0.2) is 5.82 Å². The van der Waals surface area contributed by atoms with Crippen LogP contribution in [0, 0.1) is 11.3 Å². The van der Waals surface area contributed by atoms with Crippen molar-refractivity contribution in [3.63, 3.8) is 0 Å². The molecule has 4 heterocycles. The second kappa shape index (κ2) is 7.06. The standard InChI is InChI=1S/C14H18N10O2/c15-9-10-11(16)24(21-20-10)14-18-12(22-1-5-25-6-2-22)17-13(19-14)23-3-7-26-8-4-23/h1-8,16H2. The number of rotatable bonds is 3. The van der Waals surface area contributed by atoms with Gasteiger partial charge in [-0.25, -0.2) is 0 Å². The summed E-state index contributed by atoms with van der Waals surface area (Å²) in [7, 11) is 0. The van der Waals surface area contributed by atoms with Crippen molar-refractivity contribution in [2.24, 2.45) is 0 Å². The summed E-state index contributed by atoms with van der Waals surface area (Å²) in [6, 6.07) is 1.90. The van der Waals surface area contributed by atoms with E-state index in [1.165, 1.54) is 4.68 Å². The Bertz CT molecular complexity index is 783. The maximum absolute atomic E-state index is 9.05. The lowest BCUT2D eigenvalue weighted by atomic mass is 10.4. The molecule has 0 amide bonds. The molecule has 2 aliphatic rings. The molecular formula is C14H18N10O2. The predicted octanol–water partition coefficient (Wildman–Crippen LogP) is -1.42. The molecule has 0 aromatic carbocycles. The fraction of sp³-hybridized carbons (Fsp3) is 0.571. The van der Waals surface area contributed by atoms with Crippen molar-refractivity contribution >= 4 is 17.7 Å². The van der Waals surface area contributed by atoms with E-state index < -0.39 is 0 Å². The third-order valence-corrected chi connectivity index (χ3v) is 4.19. The van der Waals surface area contributed by atoms with E-state index in [4.69, 9.17) is 20.5 Å². The molecule has 2 aromatic heterocycles.